The Morgan fingerprint density at radius 2 is 1.33 bits per heavy atom. The third kappa shape index (κ3) is 1.37. The van der Waals surface area contributed by atoms with Crippen molar-refractivity contribution >= 4 is 0 Å². The Morgan fingerprint density at radius 3 is 1.67 bits per heavy atom. The van der Waals surface area contributed by atoms with Crippen LogP contribution in [0.15, 0.2) is 12.1 Å². The fraction of sp³-hybridized carbons (Fsp3) is 0.250. The summed E-state index contributed by atoms with van der Waals surface area (Å²) < 4.78 is 9.60. The molecule has 0 aliphatic carbocycles. The zero-order chi connectivity index (χ0) is 9.14. The zero-order valence-corrected chi connectivity index (χ0v) is 6.87. The summed E-state index contributed by atoms with van der Waals surface area (Å²) in [4.78, 5) is 0. The molecule has 4 nitrogen and oxygen atoms in total. The lowest BCUT2D eigenvalue weighted by Gasteiger charge is -2.07. The Labute approximate surface area is 70.0 Å². The summed E-state index contributed by atoms with van der Waals surface area (Å²) in [5.41, 5.74) is 0. The predicted octanol–water partition coefficient (Wildman–Crippen LogP) is 1.11. The van der Waals surface area contributed by atoms with Gasteiger partial charge >= 0.3 is 0 Å². The molecule has 0 radical (unpaired) electrons. The number of rotatable bonds is 2. The summed E-state index contributed by atoms with van der Waals surface area (Å²) in [6.07, 6.45) is 0. The first kappa shape index (κ1) is 8.52. The van der Waals surface area contributed by atoms with E-state index in [0.29, 0.717) is 0 Å². The van der Waals surface area contributed by atoms with Gasteiger partial charge in [-0.1, -0.05) is 0 Å². The Balaban J connectivity index is 3.18. The Bertz CT molecular complexity index is 257. The molecule has 1 aromatic carbocycles. The highest BCUT2D eigenvalue weighted by atomic mass is 16.5. The van der Waals surface area contributed by atoms with Gasteiger partial charge in [0.25, 0.3) is 0 Å². The van der Waals surface area contributed by atoms with Crippen LogP contribution in [0.5, 0.6) is 23.0 Å². The number of hydrogen-bond acceptors (Lipinski definition) is 4. The van der Waals surface area contributed by atoms with Crippen LogP contribution < -0.4 is 9.47 Å². The van der Waals surface area contributed by atoms with Gasteiger partial charge in [0, 0.05) is 12.1 Å². The van der Waals surface area contributed by atoms with Crippen molar-refractivity contribution in [3.8, 4) is 23.0 Å². The molecule has 0 bridgehead atoms. The van der Waals surface area contributed by atoms with Gasteiger partial charge in [0.2, 0.25) is 0 Å². The molecular formula is C8H10O4. The molecule has 0 unspecified atom stereocenters. The van der Waals surface area contributed by atoms with E-state index in [1.807, 2.05) is 0 Å². The zero-order valence-electron chi connectivity index (χ0n) is 6.87. The molecule has 0 aromatic heterocycles. The minimum Gasteiger partial charge on any atom is -0.504 e. The average molecular weight is 170 g/mol. The highest BCUT2D eigenvalue weighted by Crippen LogP contribution is 2.37. The van der Waals surface area contributed by atoms with E-state index in [0.717, 1.165) is 6.07 Å². The fourth-order valence-electron chi connectivity index (χ4n) is 0.866. The van der Waals surface area contributed by atoms with Crippen molar-refractivity contribution in [2.75, 3.05) is 14.2 Å². The Morgan fingerprint density at radius 1 is 0.917 bits per heavy atom. The van der Waals surface area contributed by atoms with Crippen LogP contribution in [0.25, 0.3) is 0 Å². The highest BCUT2D eigenvalue weighted by molar-refractivity contribution is 5.52. The van der Waals surface area contributed by atoms with Gasteiger partial charge in [-0.05, 0) is 0 Å². The first-order valence-electron chi connectivity index (χ1n) is 3.33. The number of benzene rings is 1. The third-order valence-electron chi connectivity index (χ3n) is 1.48. The molecule has 12 heavy (non-hydrogen) atoms. The average Bonchev–Trinajstić information content (AvgIpc) is 2.05. The number of phenols is 2. The number of ether oxygens (including phenoxy) is 2. The summed E-state index contributed by atoms with van der Waals surface area (Å²) in [6, 6.07) is 2.57. The lowest BCUT2D eigenvalue weighted by atomic mass is 10.3. The van der Waals surface area contributed by atoms with Crippen LogP contribution >= 0.6 is 0 Å². The number of phenolic OH excluding ortho intramolecular Hbond substituents is 2. The molecule has 0 saturated carbocycles. The summed E-state index contributed by atoms with van der Waals surface area (Å²) >= 11 is 0. The van der Waals surface area contributed by atoms with Crippen LogP contribution in [-0.4, -0.2) is 24.4 Å². The molecule has 0 amide bonds. The van der Waals surface area contributed by atoms with Gasteiger partial charge in [0.05, 0.1) is 14.2 Å². The Kier molecular flexibility index (Phi) is 2.28. The van der Waals surface area contributed by atoms with Gasteiger partial charge in [-0.25, -0.2) is 0 Å². The van der Waals surface area contributed by atoms with E-state index in [-0.39, 0.29) is 23.0 Å². The fourth-order valence-corrected chi connectivity index (χ4v) is 0.866. The van der Waals surface area contributed by atoms with Crippen LogP contribution in [0, 0.1) is 0 Å². The minimum atomic E-state index is -0.115. The van der Waals surface area contributed by atoms with Crippen molar-refractivity contribution in [1.29, 1.82) is 0 Å². The molecule has 0 saturated heterocycles. The second-order valence-electron chi connectivity index (χ2n) is 2.20. The van der Waals surface area contributed by atoms with E-state index >= 15 is 0 Å². The first-order valence-corrected chi connectivity index (χ1v) is 3.33. The molecule has 0 heterocycles. The third-order valence-corrected chi connectivity index (χ3v) is 1.48. The van der Waals surface area contributed by atoms with E-state index in [2.05, 4.69) is 0 Å². The molecule has 66 valence electrons. The molecule has 0 aliphatic rings. The largest absolute Gasteiger partial charge is 0.504 e. The van der Waals surface area contributed by atoms with Gasteiger partial charge in [-0.15, -0.1) is 0 Å². The van der Waals surface area contributed by atoms with Crippen LogP contribution in [0.1, 0.15) is 0 Å². The van der Waals surface area contributed by atoms with E-state index in [1.54, 1.807) is 0 Å². The summed E-state index contributed by atoms with van der Waals surface area (Å²) in [5.74, 6) is 0.306. The maximum Gasteiger partial charge on any atom is 0.164 e. The van der Waals surface area contributed by atoms with E-state index in [4.69, 9.17) is 9.47 Å². The van der Waals surface area contributed by atoms with Gasteiger partial charge in [-0.3, -0.25) is 0 Å². The molecular weight excluding hydrogens is 160 g/mol. The maximum absolute atomic E-state index is 9.17. The molecule has 0 fully saturated rings. The monoisotopic (exact) mass is 170 g/mol. The molecule has 0 atom stereocenters. The molecule has 0 spiro atoms. The Hall–Kier alpha value is -1.58. The smallest absolute Gasteiger partial charge is 0.164 e. The normalized spacial score (nSPS) is 9.50. The van der Waals surface area contributed by atoms with E-state index < -0.39 is 0 Å². The molecule has 0 aliphatic heterocycles. The minimum absolute atomic E-state index is 0.115. The van der Waals surface area contributed by atoms with Gasteiger partial charge in [0.15, 0.2) is 23.0 Å². The highest BCUT2D eigenvalue weighted by Gasteiger charge is 2.08. The van der Waals surface area contributed by atoms with Gasteiger partial charge in [-0.2, -0.15) is 0 Å². The van der Waals surface area contributed by atoms with Crippen molar-refractivity contribution < 1.29 is 19.7 Å². The van der Waals surface area contributed by atoms with Gasteiger partial charge < -0.3 is 19.7 Å². The number of methoxy groups -OCH3 is 2. The molecule has 4 heteroatoms. The van der Waals surface area contributed by atoms with Crippen molar-refractivity contribution in [3.05, 3.63) is 12.1 Å². The number of aromatic hydroxyl groups is 2. The lowest BCUT2D eigenvalue weighted by molar-refractivity contribution is 0.346. The van der Waals surface area contributed by atoms with Crippen LogP contribution in [-0.2, 0) is 0 Å². The van der Waals surface area contributed by atoms with Crippen molar-refractivity contribution in [1.82, 2.24) is 0 Å². The first-order chi connectivity index (χ1) is 5.69. The van der Waals surface area contributed by atoms with Crippen molar-refractivity contribution in [2.24, 2.45) is 0 Å². The second kappa shape index (κ2) is 3.21. The quantitative estimate of drug-likeness (QED) is 0.698. The molecule has 2 N–H and O–H groups in total. The van der Waals surface area contributed by atoms with Gasteiger partial charge in [0.1, 0.15) is 0 Å². The molecule has 1 aromatic rings. The van der Waals surface area contributed by atoms with Crippen molar-refractivity contribution in [2.45, 2.75) is 0 Å². The summed E-state index contributed by atoms with van der Waals surface area (Å²) in [6.45, 7) is 0. The SMILES string of the molecule is COc1cc(OC)c(O)cc1O. The topological polar surface area (TPSA) is 58.9 Å². The summed E-state index contributed by atoms with van der Waals surface area (Å²) in [7, 11) is 2.84. The molecule has 1 rings (SSSR count). The van der Waals surface area contributed by atoms with E-state index in [9.17, 15) is 10.2 Å². The van der Waals surface area contributed by atoms with Crippen LogP contribution in [0.2, 0.25) is 0 Å². The van der Waals surface area contributed by atoms with Crippen LogP contribution in [0.4, 0.5) is 0 Å². The predicted molar refractivity (Wildman–Crippen MR) is 42.9 cm³/mol. The van der Waals surface area contributed by atoms with Crippen molar-refractivity contribution in [3.63, 3.8) is 0 Å². The standard InChI is InChI=1S/C8H10O4/c1-11-7-4-8(12-2)6(10)3-5(7)9/h3-4,9-10H,1-2H3. The maximum atomic E-state index is 9.17. The summed E-state index contributed by atoms with van der Waals surface area (Å²) in [5, 5.41) is 18.3. The second-order valence-corrected chi connectivity index (χ2v) is 2.20. The lowest BCUT2D eigenvalue weighted by Crippen LogP contribution is -1.87. The number of hydrogen-bond donors (Lipinski definition) is 2. The van der Waals surface area contributed by atoms with Crippen LogP contribution in [0.3, 0.4) is 0 Å². The van der Waals surface area contributed by atoms with E-state index in [1.165, 1.54) is 20.3 Å².